The SMILES string of the molecule is CC(=O)N(C)C(C(=O)NCc1ccccc1)C1CCC2C(CC3C4CCC5C(C)(C)[C@@H](O)CC[C@@]56CC46CCC23C)O1. The predicted octanol–water partition coefficient (Wildman–Crippen LogP) is 5.72. The van der Waals surface area contributed by atoms with Crippen LogP contribution < -0.4 is 5.32 Å². The summed E-state index contributed by atoms with van der Waals surface area (Å²) in [5.41, 5.74) is 2.28. The number of nitrogens with one attached hydrogen (secondary N) is 1. The van der Waals surface area contributed by atoms with Crippen LogP contribution in [-0.2, 0) is 20.9 Å². The van der Waals surface area contributed by atoms with Gasteiger partial charge in [0, 0.05) is 20.5 Å². The van der Waals surface area contributed by atoms with Gasteiger partial charge in [0.1, 0.15) is 6.04 Å². The van der Waals surface area contributed by atoms with E-state index in [-0.39, 0.29) is 35.5 Å². The molecule has 0 aromatic heterocycles. The van der Waals surface area contributed by atoms with Crippen molar-refractivity contribution >= 4 is 11.8 Å². The quantitative estimate of drug-likeness (QED) is 0.470. The number of aliphatic hydroxyl groups is 1. The van der Waals surface area contributed by atoms with E-state index in [2.05, 4.69) is 26.1 Å². The summed E-state index contributed by atoms with van der Waals surface area (Å²) in [6.07, 6.45) is 11.4. The lowest BCUT2D eigenvalue weighted by Crippen LogP contribution is -2.56. The molecule has 11 atom stereocenters. The van der Waals surface area contributed by atoms with Crippen molar-refractivity contribution in [1.29, 1.82) is 0 Å². The van der Waals surface area contributed by atoms with Crippen LogP contribution in [0.4, 0.5) is 0 Å². The molecule has 6 fully saturated rings. The molecule has 1 saturated heterocycles. The zero-order valence-electron chi connectivity index (χ0n) is 26.4. The minimum Gasteiger partial charge on any atom is -0.393 e. The van der Waals surface area contributed by atoms with Crippen LogP contribution in [-0.4, -0.2) is 53.2 Å². The van der Waals surface area contributed by atoms with Crippen molar-refractivity contribution in [3.8, 4) is 0 Å². The monoisotopic (exact) mass is 576 g/mol. The van der Waals surface area contributed by atoms with Gasteiger partial charge in [-0.3, -0.25) is 9.59 Å². The first kappa shape index (κ1) is 28.8. The number of ether oxygens (including phenoxy) is 1. The fourth-order valence-corrected chi connectivity index (χ4v) is 12.2. The third-order valence-electron chi connectivity index (χ3n) is 14.4. The fourth-order valence-electron chi connectivity index (χ4n) is 12.2. The summed E-state index contributed by atoms with van der Waals surface area (Å²) in [5.74, 6) is 2.38. The summed E-state index contributed by atoms with van der Waals surface area (Å²) in [4.78, 5) is 27.7. The zero-order valence-corrected chi connectivity index (χ0v) is 26.4. The highest BCUT2D eigenvalue weighted by molar-refractivity contribution is 5.87. The Labute approximate surface area is 252 Å². The second-order valence-corrected chi connectivity index (χ2v) is 16.1. The van der Waals surface area contributed by atoms with Crippen molar-refractivity contribution in [1.82, 2.24) is 10.2 Å². The zero-order chi connectivity index (χ0) is 29.7. The molecule has 6 heteroatoms. The molecule has 2 amide bonds. The van der Waals surface area contributed by atoms with Crippen LogP contribution in [0.1, 0.15) is 97.5 Å². The van der Waals surface area contributed by atoms with E-state index in [9.17, 15) is 14.7 Å². The number of rotatable bonds is 5. The molecule has 42 heavy (non-hydrogen) atoms. The number of carbonyl (C=O) groups excluding carboxylic acids is 2. The maximum atomic E-state index is 13.6. The average Bonchev–Trinajstić information content (AvgIpc) is 3.55. The van der Waals surface area contributed by atoms with E-state index in [1.807, 2.05) is 30.3 Å². The molecule has 0 bridgehead atoms. The Morgan fingerprint density at radius 2 is 1.71 bits per heavy atom. The first-order valence-corrected chi connectivity index (χ1v) is 16.8. The van der Waals surface area contributed by atoms with Gasteiger partial charge >= 0.3 is 0 Å². The number of hydrogen-bond acceptors (Lipinski definition) is 4. The van der Waals surface area contributed by atoms with E-state index in [1.54, 1.807) is 18.9 Å². The summed E-state index contributed by atoms with van der Waals surface area (Å²) in [7, 11) is 1.75. The molecule has 1 aromatic carbocycles. The molecule has 6 aliphatic rings. The lowest BCUT2D eigenvalue weighted by molar-refractivity contribution is -0.156. The lowest BCUT2D eigenvalue weighted by Gasteiger charge is -2.59. The first-order valence-electron chi connectivity index (χ1n) is 16.8. The molecule has 6 nitrogen and oxygen atoms in total. The Morgan fingerprint density at radius 1 is 0.976 bits per heavy atom. The second-order valence-electron chi connectivity index (χ2n) is 16.1. The molecule has 9 unspecified atom stereocenters. The highest BCUT2D eigenvalue weighted by Gasteiger charge is 2.80. The number of nitrogens with zero attached hydrogens (tertiary/aromatic N) is 1. The predicted molar refractivity (Wildman–Crippen MR) is 162 cm³/mol. The maximum absolute atomic E-state index is 13.6. The van der Waals surface area contributed by atoms with Gasteiger partial charge in [-0.2, -0.15) is 0 Å². The van der Waals surface area contributed by atoms with Crippen LogP contribution >= 0.6 is 0 Å². The molecule has 5 aliphatic carbocycles. The van der Waals surface area contributed by atoms with Gasteiger partial charge in [0.15, 0.2) is 0 Å². The third kappa shape index (κ3) is 3.95. The molecule has 0 radical (unpaired) electrons. The topological polar surface area (TPSA) is 78.9 Å². The van der Waals surface area contributed by atoms with Gasteiger partial charge in [-0.25, -0.2) is 0 Å². The van der Waals surface area contributed by atoms with E-state index >= 15 is 0 Å². The van der Waals surface area contributed by atoms with Gasteiger partial charge in [-0.05, 0) is 115 Å². The van der Waals surface area contributed by atoms with Crippen molar-refractivity contribution < 1.29 is 19.4 Å². The number of fused-ring (bicyclic) bond motifs is 4. The van der Waals surface area contributed by atoms with Crippen molar-refractivity contribution in [2.24, 2.45) is 45.3 Å². The van der Waals surface area contributed by atoms with E-state index in [1.165, 1.54) is 38.5 Å². The minimum atomic E-state index is -0.619. The lowest BCUT2D eigenvalue weighted by atomic mass is 9.46. The molecular weight excluding hydrogens is 524 g/mol. The van der Waals surface area contributed by atoms with Gasteiger partial charge in [0.2, 0.25) is 11.8 Å². The Kier molecular flexibility index (Phi) is 6.72. The first-order chi connectivity index (χ1) is 19.9. The Balaban J connectivity index is 1.09. The largest absolute Gasteiger partial charge is 0.393 e. The maximum Gasteiger partial charge on any atom is 0.245 e. The van der Waals surface area contributed by atoms with Crippen molar-refractivity contribution in [3.63, 3.8) is 0 Å². The van der Waals surface area contributed by atoms with E-state index in [4.69, 9.17) is 4.74 Å². The molecule has 1 aliphatic heterocycles. The Morgan fingerprint density at radius 3 is 2.45 bits per heavy atom. The summed E-state index contributed by atoms with van der Waals surface area (Å²) >= 11 is 0. The number of aliphatic hydroxyl groups excluding tert-OH is 1. The fraction of sp³-hybridized carbons (Fsp3) is 0.778. The van der Waals surface area contributed by atoms with Crippen LogP contribution in [0.25, 0.3) is 0 Å². The summed E-state index contributed by atoms with van der Waals surface area (Å²) in [6, 6.07) is 9.32. The van der Waals surface area contributed by atoms with E-state index in [0.717, 1.165) is 37.2 Å². The average molecular weight is 577 g/mol. The smallest absolute Gasteiger partial charge is 0.245 e. The molecule has 1 aromatic rings. The van der Waals surface area contributed by atoms with Crippen molar-refractivity contribution in [3.05, 3.63) is 35.9 Å². The Hall–Kier alpha value is -1.92. The normalized spacial score (nSPS) is 45.2. The third-order valence-corrected chi connectivity index (χ3v) is 14.4. The van der Waals surface area contributed by atoms with Crippen molar-refractivity contribution in [2.75, 3.05) is 7.05 Å². The van der Waals surface area contributed by atoms with Gasteiger partial charge in [0.25, 0.3) is 0 Å². The number of carbonyl (C=O) groups is 2. The van der Waals surface area contributed by atoms with Crippen molar-refractivity contribution in [2.45, 2.75) is 123 Å². The van der Waals surface area contributed by atoms with Crippen LogP contribution in [0, 0.1) is 45.3 Å². The minimum absolute atomic E-state index is 0.0201. The van der Waals surface area contributed by atoms with Gasteiger partial charge < -0.3 is 20.1 Å². The Bertz CT molecular complexity index is 1230. The molecule has 7 rings (SSSR count). The van der Waals surface area contributed by atoms with Gasteiger partial charge in [-0.1, -0.05) is 51.1 Å². The molecular formula is C36H52N2O4. The van der Waals surface area contributed by atoms with Gasteiger partial charge in [0.05, 0.1) is 18.3 Å². The number of amides is 2. The van der Waals surface area contributed by atoms with Crippen LogP contribution in [0.5, 0.6) is 0 Å². The van der Waals surface area contributed by atoms with Crippen LogP contribution in [0.15, 0.2) is 30.3 Å². The standard InChI is InChI=1S/C36H52N2O4/c1-22(39)38(5)31(32(41)37-20-23-9-7-6-8-10-23)27-13-11-25-28(42-27)19-26-24-12-14-29-33(2,3)30(40)15-16-36(29)21-35(24,36)18-17-34(25,26)4/h6-10,24-31,40H,11-21H2,1-5H3,(H,37,41)/t24?,25?,26?,27?,28?,29?,30-,31?,34?,35?,36+/m0/s1. The van der Waals surface area contributed by atoms with E-state index < -0.39 is 6.04 Å². The number of hydrogen-bond donors (Lipinski definition) is 2. The molecule has 230 valence electrons. The summed E-state index contributed by atoms with van der Waals surface area (Å²) < 4.78 is 6.96. The number of benzene rings is 1. The highest BCUT2D eigenvalue weighted by Crippen LogP contribution is 2.87. The second kappa shape index (κ2) is 9.79. The summed E-state index contributed by atoms with van der Waals surface area (Å²) in [5, 5.41) is 14.0. The molecule has 2 N–H and O–H groups in total. The van der Waals surface area contributed by atoms with Crippen LogP contribution in [0.3, 0.4) is 0 Å². The van der Waals surface area contributed by atoms with Crippen LogP contribution in [0.2, 0.25) is 0 Å². The summed E-state index contributed by atoms with van der Waals surface area (Å²) in [6.45, 7) is 9.23. The molecule has 5 saturated carbocycles. The highest BCUT2D eigenvalue weighted by atomic mass is 16.5. The number of likely N-dealkylation sites (N-methyl/N-ethyl adjacent to an activating group) is 1. The van der Waals surface area contributed by atoms with E-state index in [0.29, 0.717) is 40.5 Å². The van der Waals surface area contributed by atoms with Gasteiger partial charge in [-0.15, -0.1) is 0 Å². The molecule has 1 heterocycles. The molecule has 2 spiro atoms.